The van der Waals surface area contributed by atoms with E-state index in [4.69, 9.17) is 9.72 Å². The Bertz CT molecular complexity index is 752. The summed E-state index contributed by atoms with van der Waals surface area (Å²) >= 11 is 0. The fourth-order valence-electron chi connectivity index (χ4n) is 2.40. The van der Waals surface area contributed by atoms with Crippen LogP contribution in [0.5, 0.6) is 5.75 Å². The van der Waals surface area contributed by atoms with Crippen LogP contribution in [0.3, 0.4) is 0 Å². The highest BCUT2D eigenvalue weighted by molar-refractivity contribution is 5.62. The third kappa shape index (κ3) is 3.14. The lowest BCUT2D eigenvalue weighted by atomic mass is 10.1. The Morgan fingerprint density at radius 2 is 1.68 bits per heavy atom. The molecule has 0 saturated heterocycles. The maximum Gasteiger partial charge on any atom is 0.118 e. The van der Waals surface area contributed by atoms with Gasteiger partial charge in [0.25, 0.3) is 0 Å². The predicted octanol–water partition coefficient (Wildman–Crippen LogP) is 4.05. The molecule has 3 aromatic rings. The SMILES string of the molecule is COc1ccc(-c2nc(Cc3ccccc3)cnc2C)cc1. The molecule has 22 heavy (non-hydrogen) atoms. The van der Waals surface area contributed by atoms with Crippen molar-refractivity contribution in [2.75, 3.05) is 7.11 Å². The van der Waals surface area contributed by atoms with Crippen molar-refractivity contribution in [1.29, 1.82) is 0 Å². The summed E-state index contributed by atoms with van der Waals surface area (Å²) in [5.74, 6) is 0.842. The molecule has 0 amide bonds. The Labute approximate surface area is 130 Å². The van der Waals surface area contributed by atoms with Gasteiger partial charge in [-0.3, -0.25) is 4.98 Å². The van der Waals surface area contributed by atoms with E-state index in [9.17, 15) is 0 Å². The summed E-state index contributed by atoms with van der Waals surface area (Å²) in [5.41, 5.74) is 5.13. The van der Waals surface area contributed by atoms with Crippen molar-refractivity contribution < 1.29 is 4.74 Å². The number of hydrogen-bond donors (Lipinski definition) is 0. The van der Waals surface area contributed by atoms with Gasteiger partial charge in [0.2, 0.25) is 0 Å². The highest BCUT2D eigenvalue weighted by Gasteiger charge is 2.07. The second-order valence-corrected chi connectivity index (χ2v) is 5.19. The molecule has 3 heteroatoms. The van der Waals surface area contributed by atoms with Crippen LogP contribution in [0.1, 0.15) is 17.0 Å². The average molecular weight is 290 g/mol. The molecule has 0 aliphatic rings. The van der Waals surface area contributed by atoms with Gasteiger partial charge < -0.3 is 4.74 Å². The van der Waals surface area contributed by atoms with Crippen molar-refractivity contribution in [2.45, 2.75) is 13.3 Å². The molecule has 0 bridgehead atoms. The van der Waals surface area contributed by atoms with E-state index in [0.717, 1.165) is 34.8 Å². The fraction of sp³-hybridized carbons (Fsp3) is 0.158. The molecule has 1 heterocycles. The quantitative estimate of drug-likeness (QED) is 0.727. The van der Waals surface area contributed by atoms with Gasteiger partial charge in [-0.15, -0.1) is 0 Å². The molecule has 110 valence electrons. The Hall–Kier alpha value is -2.68. The molecule has 0 saturated carbocycles. The minimum absolute atomic E-state index is 0.789. The largest absolute Gasteiger partial charge is 0.497 e. The van der Waals surface area contributed by atoms with Gasteiger partial charge >= 0.3 is 0 Å². The first-order valence-corrected chi connectivity index (χ1v) is 7.27. The van der Waals surface area contributed by atoms with E-state index in [0.29, 0.717) is 0 Å². The normalized spacial score (nSPS) is 10.5. The van der Waals surface area contributed by atoms with Crippen molar-refractivity contribution in [2.24, 2.45) is 0 Å². The van der Waals surface area contributed by atoms with Gasteiger partial charge in [0, 0.05) is 18.2 Å². The number of nitrogens with zero attached hydrogens (tertiary/aromatic N) is 2. The molecule has 1 aromatic heterocycles. The zero-order chi connectivity index (χ0) is 15.4. The first-order valence-electron chi connectivity index (χ1n) is 7.27. The molecule has 0 atom stereocenters. The molecular formula is C19H18N2O. The number of ether oxygens (including phenoxy) is 1. The van der Waals surface area contributed by atoms with Crippen LogP contribution in [-0.2, 0) is 6.42 Å². The van der Waals surface area contributed by atoms with Gasteiger partial charge in [-0.25, -0.2) is 4.98 Å². The van der Waals surface area contributed by atoms with Crippen LogP contribution in [0, 0.1) is 6.92 Å². The molecule has 0 spiro atoms. The molecule has 0 fully saturated rings. The van der Waals surface area contributed by atoms with Gasteiger partial charge in [0.15, 0.2) is 0 Å². The van der Waals surface area contributed by atoms with Crippen LogP contribution < -0.4 is 4.74 Å². The molecule has 0 N–H and O–H groups in total. The van der Waals surface area contributed by atoms with E-state index >= 15 is 0 Å². The zero-order valence-electron chi connectivity index (χ0n) is 12.8. The third-order valence-corrected chi connectivity index (χ3v) is 3.60. The van der Waals surface area contributed by atoms with Crippen molar-refractivity contribution in [3.63, 3.8) is 0 Å². The zero-order valence-corrected chi connectivity index (χ0v) is 12.8. The number of methoxy groups -OCH3 is 1. The second-order valence-electron chi connectivity index (χ2n) is 5.19. The lowest BCUT2D eigenvalue weighted by Crippen LogP contribution is -1.99. The summed E-state index contributed by atoms with van der Waals surface area (Å²) in [6.45, 7) is 1.98. The van der Waals surface area contributed by atoms with Crippen LogP contribution in [0.4, 0.5) is 0 Å². The molecular weight excluding hydrogens is 272 g/mol. The Balaban J connectivity index is 1.92. The van der Waals surface area contributed by atoms with E-state index in [1.54, 1.807) is 7.11 Å². The van der Waals surface area contributed by atoms with Gasteiger partial charge in [0.05, 0.1) is 24.2 Å². The first kappa shape index (κ1) is 14.3. The van der Waals surface area contributed by atoms with Gasteiger partial charge in [-0.2, -0.15) is 0 Å². The highest BCUT2D eigenvalue weighted by atomic mass is 16.5. The van der Waals surface area contributed by atoms with E-state index in [1.165, 1.54) is 5.56 Å². The van der Waals surface area contributed by atoms with Crippen molar-refractivity contribution >= 4 is 0 Å². The summed E-state index contributed by atoms with van der Waals surface area (Å²) in [7, 11) is 1.67. The van der Waals surface area contributed by atoms with Gasteiger partial charge in [-0.05, 0) is 36.8 Å². The number of aromatic nitrogens is 2. The highest BCUT2D eigenvalue weighted by Crippen LogP contribution is 2.23. The van der Waals surface area contributed by atoms with E-state index in [-0.39, 0.29) is 0 Å². The fourth-order valence-corrected chi connectivity index (χ4v) is 2.40. The van der Waals surface area contributed by atoms with Crippen molar-refractivity contribution in [3.8, 4) is 17.0 Å². The lowest BCUT2D eigenvalue weighted by Gasteiger charge is -2.08. The number of aryl methyl sites for hydroxylation is 1. The van der Waals surface area contributed by atoms with Crippen LogP contribution >= 0.6 is 0 Å². The van der Waals surface area contributed by atoms with Crippen LogP contribution in [-0.4, -0.2) is 17.1 Å². The molecule has 0 radical (unpaired) electrons. The van der Waals surface area contributed by atoms with Crippen LogP contribution in [0.25, 0.3) is 11.3 Å². The van der Waals surface area contributed by atoms with Gasteiger partial charge in [0.1, 0.15) is 5.75 Å². The summed E-state index contributed by atoms with van der Waals surface area (Å²) in [4.78, 5) is 9.29. The van der Waals surface area contributed by atoms with E-state index in [2.05, 4.69) is 17.1 Å². The molecule has 0 aliphatic carbocycles. The number of rotatable bonds is 4. The standard InChI is InChI=1S/C19H18N2O/c1-14-19(16-8-10-18(22-2)11-9-16)21-17(13-20-14)12-15-6-4-3-5-7-15/h3-11,13H,12H2,1-2H3. The minimum Gasteiger partial charge on any atom is -0.497 e. The summed E-state index contributed by atoms with van der Waals surface area (Å²) in [6, 6.07) is 18.2. The van der Waals surface area contributed by atoms with E-state index < -0.39 is 0 Å². The Morgan fingerprint density at radius 1 is 0.955 bits per heavy atom. The summed E-state index contributed by atoms with van der Waals surface area (Å²) in [6.07, 6.45) is 2.65. The average Bonchev–Trinajstić information content (AvgIpc) is 2.58. The first-order chi connectivity index (χ1) is 10.8. The lowest BCUT2D eigenvalue weighted by molar-refractivity contribution is 0.415. The molecule has 0 aliphatic heterocycles. The summed E-state index contributed by atoms with van der Waals surface area (Å²) < 4.78 is 5.20. The van der Waals surface area contributed by atoms with Crippen molar-refractivity contribution in [3.05, 3.63) is 77.7 Å². The smallest absolute Gasteiger partial charge is 0.118 e. The molecule has 3 nitrogen and oxygen atoms in total. The van der Waals surface area contributed by atoms with Crippen molar-refractivity contribution in [1.82, 2.24) is 9.97 Å². The van der Waals surface area contributed by atoms with Crippen LogP contribution in [0.15, 0.2) is 60.8 Å². The predicted molar refractivity (Wildman–Crippen MR) is 88.0 cm³/mol. The second kappa shape index (κ2) is 6.39. The summed E-state index contributed by atoms with van der Waals surface area (Å²) in [5, 5.41) is 0. The number of hydrogen-bond acceptors (Lipinski definition) is 3. The maximum absolute atomic E-state index is 5.20. The maximum atomic E-state index is 5.20. The molecule has 2 aromatic carbocycles. The van der Waals surface area contributed by atoms with Gasteiger partial charge in [-0.1, -0.05) is 30.3 Å². The van der Waals surface area contributed by atoms with Crippen LogP contribution in [0.2, 0.25) is 0 Å². The Morgan fingerprint density at radius 3 is 2.36 bits per heavy atom. The van der Waals surface area contributed by atoms with E-state index in [1.807, 2.05) is 55.6 Å². The third-order valence-electron chi connectivity index (χ3n) is 3.60. The monoisotopic (exact) mass is 290 g/mol. The molecule has 0 unspecified atom stereocenters. The topological polar surface area (TPSA) is 35.0 Å². The Kier molecular flexibility index (Phi) is 4.15. The number of benzene rings is 2. The minimum atomic E-state index is 0.789. The molecule has 3 rings (SSSR count).